The first-order valence-electron chi connectivity index (χ1n) is 7.11. The minimum Gasteiger partial charge on any atom is -0.386 e. The lowest BCUT2D eigenvalue weighted by Gasteiger charge is -2.10. The normalized spacial score (nSPS) is 12.1. The van der Waals surface area contributed by atoms with Crippen molar-refractivity contribution in [2.24, 2.45) is 0 Å². The molecular formula is C16H13ClN4O3. The van der Waals surface area contributed by atoms with Gasteiger partial charge in [-0.25, -0.2) is 9.67 Å². The van der Waals surface area contributed by atoms with Crippen molar-refractivity contribution in [3.05, 3.63) is 75.6 Å². The molecule has 0 saturated carbocycles. The van der Waals surface area contributed by atoms with E-state index in [4.69, 9.17) is 11.6 Å². The number of hydrogen-bond donors (Lipinski definition) is 1. The lowest BCUT2D eigenvalue weighted by Crippen LogP contribution is -2.09. The second-order valence-corrected chi connectivity index (χ2v) is 5.60. The highest BCUT2D eigenvalue weighted by Crippen LogP contribution is 2.21. The van der Waals surface area contributed by atoms with Gasteiger partial charge in [0.1, 0.15) is 6.33 Å². The number of hydrogen-bond acceptors (Lipinski definition) is 5. The summed E-state index contributed by atoms with van der Waals surface area (Å²) in [6.07, 6.45) is 0.736. The van der Waals surface area contributed by atoms with Crippen LogP contribution in [0.15, 0.2) is 54.9 Å². The van der Waals surface area contributed by atoms with Gasteiger partial charge in [0, 0.05) is 22.7 Å². The molecule has 7 nitrogen and oxygen atoms in total. The van der Waals surface area contributed by atoms with Crippen LogP contribution < -0.4 is 0 Å². The molecule has 1 unspecified atom stereocenters. The Bertz CT molecular complexity index is 864. The quantitative estimate of drug-likeness (QED) is 0.566. The molecule has 1 aromatic heterocycles. The number of nitrogens with zero attached hydrogens (tertiary/aromatic N) is 4. The minimum absolute atomic E-state index is 0.00885. The number of nitro benzene ring substituents is 1. The molecule has 0 aliphatic carbocycles. The van der Waals surface area contributed by atoms with Gasteiger partial charge in [0.2, 0.25) is 0 Å². The maximum Gasteiger partial charge on any atom is 0.269 e. The van der Waals surface area contributed by atoms with Crippen molar-refractivity contribution in [1.29, 1.82) is 0 Å². The van der Waals surface area contributed by atoms with Gasteiger partial charge in [0.15, 0.2) is 5.82 Å². The first-order chi connectivity index (χ1) is 11.5. The Balaban J connectivity index is 1.74. The Hall–Kier alpha value is -2.77. The SMILES string of the molecule is O=[N+]([O-])c1ccc(-c2ncn(CC(O)c3cccc(Cl)c3)n2)cc1. The van der Waals surface area contributed by atoms with Gasteiger partial charge in [0.25, 0.3) is 5.69 Å². The number of aliphatic hydroxyl groups excluding tert-OH is 1. The summed E-state index contributed by atoms with van der Waals surface area (Å²) in [6.45, 7) is 0.223. The summed E-state index contributed by atoms with van der Waals surface area (Å²) in [4.78, 5) is 14.4. The van der Waals surface area contributed by atoms with Crippen molar-refractivity contribution in [1.82, 2.24) is 14.8 Å². The average Bonchev–Trinajstić information content (AvgIpc) is 3.03. The van der Waals surface area contributed by atoms with Crippen LogP contribution in [0.4, 0.5) is 5.69 Å². The molecule has 3 rings (SSSR count). The number of aliphatic hydroxyl groups is 1. The molecule has 0 aliphatic rings. The molecule has 0 radical (unpaired) electrons. The van der Waals surface area contributed by atoms with Crippen molar-refractivity contribution < 1.29 is 10.0 Å². The Labute approximate surface area is 142 Å². The molecule has 24 heavy (non-hydrogen) atoms. The van der Waals surface area contributed by atoms with Gasteiger partial charge in [-0.15, -0.1) is 0 Å². The van der Waals surface area contributed by atoms with Crippen molar-refractivity contribution in [2.75, 3.05) is 0 Å². The van der Waals surface area contributed by atoms with Crippen LogP contribution in [0.5, 0.6) is 0 Å². The summed E-state index contributed by atoms with van der Waals surface area (Å²) in [5.41, 5.74) is 1.36. The molecule has 0 aliphatic heterocycles. The summed E-state index contributed by atoms with van der Waals surface area (Å²) in [6, 6.07) is 13.0. The molecule has 1 atom stereocenters. The standard InChI is InChI=1S/C16H13ClN4O3/c17-13-3-1-2-12(8-13)15(22)9-20-10-18-16(19-20)11-4-6-14(7-5-11)21(23)24/h1-8,10,15,22H,9H2. The zero-order chi connectivity index (χ0) is 17.1. The smallest absolute Gasteiger partial charge is 0.269 e. The monoisotopic (exact) mass is 344 g/mol. The maximum atomic E-state index is 10.7. The highest BCUT2D eigenvalue weighted by molar-refractivity contribution is 6.30. The van der Waals surface area contributed by atoms with Crippen LogP contribution in [-0.4, -0.2) is 24.8 Å². The van der Waals surface area contributed by atoms with E-state index in [2.05, 4.69) is 10.1 Å². The summed E-state index contributed by atoms with van der Waals surface area (Å²) < 4.78 is 1.52. The number of halogens is 1. The highest BCUT2D eigenvalue weighted by Gasteiger charge is 2.12. The number of nitro groups is 1. The molecule has 8 heteroatoms. The third-order valence-corrected chi connectivity index (χ3v) is 3.70. The van der Waals surface area contributed by atoms with Gasteiger partial charge in [-0.2, -0.15) is 5.10 Å². The van der Waals surface area contributed by atoms with E-state index in [-0.39, 0.29) is 12.2 Å². The molecular weight excluding hydrogens is 332 g/mol. The van der Waals surface area contributed by atoms with Crippen LogP contribution in [0.2, 0.25) is 5.02 Å². The fraction of sp³-hybridized carbons (Fsp3) is 0.125. The van der Waals surface area contributed by atoms with Gasteiger partial charge in [-0.1, -0.05) is 23.7 Å². The number of rotatable bonds is 5. The summed E-state index contributed by atoms with van der Waals surface area (Å²) in [7, 11) is 0. The average molecular weight is 345 g/mol. The molecule has 1 heterocycles. The predicted octanol–water partition coefficient (Wildman–Crippen LogP) is 3.24. The fourth-order valence-corrected chi connectivity index (χ4v) is 2.44. The molecule has 0 bridgehead atoms. The van der Waals surface area contributed by atoms with E-state index in [1.807, 2.05) is 0 Å². The van der Waals surface area contributed by atoms with E-state index >= 15 is 0 Å². The van der Waals surface area contributed by atoms with Crippen LogP contribution in [0, 0.1) is 10.1 Å². The zero-order valence-corrected chi connectivity index (χ0v) is 13.2. The molecule has 3 aromatic rings. The topological polar surface area (TPSA) is 94.1 Å². The first kappa shape index (κ1) is 16.1. The van der Waals surface area contributed by atoms with E-state index < -0.39 is 11.0 Å². The first-order valence-corrected chi connectivity index (χ1v) is 7.48. The third-order valence-electron chi connectivity index (χ3n) is 3.47. The summed E-state index contributed by atoms with van der Waals surface area (Å²) >= 11 is 5.92. The summed E-state index contributed by atoms with van der Waals surface area (Å²) in [5, 5.41) is 25.8. The van der Waals surface area contributed by atoms with Gasteiger partial charge in [-0.3, -0.25) is 10.1 Å². The van der Waals surface area contributed by atoms with Gasteiger partial charge < -0.3 is 5.11 Å². The zero-order valence-electron chi connectivity index (χ0n) is 12.4. The van der Waals surface area contributed by atoms with Gasteiger partial charge >= 0.3 is 0 Å². The van der Waals surface area contributed by atoms with E-state index in [0.29, 0.717) is 22.0 Å². The van der Waals surface area contributed by atoms with Crippen LogP contribution in [0.25, 0.3) is 11.4 Å². The largest absolute Gasteiger partial charge is 0.386 e. The van der Waals surface area contributed by atoms with E-state index in [0.717, 1.165) is 0 Å². The van der Waals surface area contributed by atoms with Crippen LogP contribution in [-0.2, 0) is 6.54 Å². The van der Waals surface area contributed by atoms with Crippen molar-refractivity contribution in [2.45, 2.75) is 12.6 Å². The minimum atomic E-state index is -0.768. The Morgan fingerprint density at radius 1 is 1.25 bits per heavy atom. The lowest BCUT2D eigenvalue weighted by atomic mass is 10.1. The fourth-order valence-electron chi connectivity index (χ4n) is 2.24. The Morgan fingerprint density at radius 3 is 2.67 bits per heavy atom. The van der Waals surface area contributed by atoms with Crippen LogP contribution >= 0.6 is 11.6 Å². The molecule has 0 saturated heterocycles. The van der Waals surface area contributed by atoms with Crippen LogP contribution in [0.3, 0.4) is 0 Å². The molecule has 1 N–H and O–H groups in total. The maximum absolute atomic E-state index is 10.7. The van der Waals surface area contributed by atoms with E-state index in [1.54, 1.807) is 36.4 Å². The lowest BCUT2D eigenvalue weighted by molar-refractivity contribution is -0.384. The van der Waals surface area contributed by atoms with E-state index in [9.17, 15) is 15.2 Å². The number of aromatic nitrogens is 3. The molecule has 0 spiro atoms. The van der Waals surface area contributed by atoms with Crippen LogP contribution in [0.1, 0.15) is 11.7 Å². The van der Waals surface area contributed by atoms with Crippen molar-refractivity contribution >= 4 is 17.3 Å². The van der Waals surface area contributed by atoms with Crippen molar-refractivity contribution in [3.8, 4) is 11.4 Å². The number of benzene rings is 2. The second kappa shape index (κ2) is 6.77. The van der Waals surface area contributed by atoms with Gasteiger partial charge in [-0.05, 0) is 29.8 Å². The molecule has 2 aromatic carbocycles. The third kappa shape index (κ3) is 3.58. The second-order valence-electron chi connectivity index (χ2n) is 5.17. The molecule has 0 fully saturated rings. The number of non-ortho nitro benzene ring substituents is 1. The van der Waals surface area contributed by atoms with E-state index in [1.165, 1.54) is 23.1 Å². The Morgan fingerprint density at radius 2 is 2.00 bits per heavy atom. The molecule has 0 amide bonds. The highest BCUT2D eigenvalue weighted by atomic mass is 35.5. The van der Waals surface area contributed by atoms with Gasteiger partial charge in [0.05, 0.1) is 17.6 Å². The predicted molar refractivity (Wildman–Crippen MR) is 88.5 cm³/mol. The summed E-state index contributed by atoms with van der Waals surface area (Å²) in [5.74, 6) is 0.434. The Kier molecular flexibility index (Phi) is 4.54. The molecule has 122 valence electrons. The van der Waals surface area contributed by atoms with Crippen molar-refractivity contribution in [3.63, 3.8) is 0 Å².